The summed E-state index contributed by atoms with van der Waals surface area (Å²) >= 11 is 0. The minimum absolute atomic E-state index is 0.00130. The quantitative estimate of drug-likeness (QED) is 0.802. The minimum Gasteiger partial charge on any atom is -0.484 e. The SMILES string of the molecule is CC(C)NC(=O)c1ccccc1NC(=O)COc1ccc(CC#N)cc1. The average molecular weight is 351 g/mol. The van der Waals surface area contributed by atoms with Crippen molar-refractivity contribution in [2.75, 3.05) is 11.9 Å². The van der Waals surface area contributed by atoms with E-state index in [9.17, 15) is 9.59 Å². The smallest absolute Gasteiger partial charge is 0.262 e. The van der Waals surface area contributed by atoms with Crippen LogP contribution in [0.15, 0.2) is 48.5 Å². The van der Waals surface area contributed by atoms with Crippen molar-refractivity contribution in [3.05, 3.63) is 59.7 Å². The summed E-state index contributed by atoms with van der Waals surface area (Å²) < 4.78 is 5.44. The van der Waals surface area contributed by atoms with Crippen LogP contribution in [0.25, 0.3) is 0 Å². The molecule has 0 aliphatic heterocycles. The first-order valence-corrected chi connectivity index (χ1v) is 8.28. The Morgan fingerprint density at radius 3 is 2.46 bits per heavy atom. The second kappa shape index (κ2) is 9.23. The van der Waals surface area contributed by atoms with Crippen LogP contribution in [-0.2, 0) is 11.2 Å². The van der Waals surface area contributed by atoms with E-state index >= 15 is 0 Å². The van der Waals surface area contributed by atoms with Gasteiger partial charge >= 0.3 is 0 Å². The first-order chi connectivity index (χ1) is 12.5. The van der Waals surface area contributed by atoms with Gasteiger partial charge in [0.2, 0.25) is 0 Å². The molecule has 2 aromatic carbocycles. The first kappa shape index (κ1) is 19.0. The Hall–Kier alpha value is -3.33. The Morgan fingerprint density at radius 2 is 1.81 bits per heavy atom. The summed E-state index contributed by atoms with van der Waals surface area (Å²) in [5, 5.41) is 14.2. The number of rotatable bonds is 7. The zero-order valence-electron chi connectivity index (χ0n) is 14.8. The molecule has 0 saturated carbocycles. The third kappa shape index (κ3) is 5.64. The van der Waals surface area contributed by atoms with Crippen molar-refractivity contribution in [3.8, 4) is 11.8 Å². The average Bonchev–Trinajstić information content (AvgIpc) is 2.61. The molecule has 6 nitrogen and oxygen atoms in total. The molecule has 0 aliphatic carbocycles. The molecule has 0 radical (unpaired) electrons. The number of nitriles is 1. The van der Waals surface area contributed by atoms with Crippen LogP contribution in [0.3, 0.4) is 0 Å². The highest BCUT2D eigenvalue weighted by Gasteiger charge is 2.14. The maximum absolute atomic E-state index is 12.2. The number of benzene rings is 2. The number of carbonyl (C=O) groups excluding carboxylic acids is 2. The van der Waals surface area contributed by atoms with E-state index in [0.29, 0.717) is 23.4 Å². The van der Waals surface area contributed by atoms with Gasteiger partial charge in [0.15, 0.2) is 6.61 Å². The predicted molar refractivity (Wildman–Crippen MR) is 98.9 cm³/mol. The van der Waals surface area contributed by atoms with Crippen LogP contribution in [0.1, 0.15) is 29.8 Å². The summed E-state index contributed by atoms with van der Waals surface area (Å²) in [7, 11) is 0. The van der Waals surface area contributed by atoms with Gasteiger partial charge in [0.05, 0.1) is 23.7 Å². The Labute approximate surface area is 152 Å². The first-order valence-electron chi connectivity index (χ1n) is 8.28. The largest absolute Gasteiger partial charge is 0.484 e. The van der Waals surface area contributed by atoms with Crippen molar-refractivity contribution < 1.29 is 14.3 Å². The molecule has 2 aromatic rings. The van der Waals surface area contributed by atoms with Gasteiger partial charge < -0.3 is 15.4 Å². The molecule has 2 amide bonds. The number of carbonyl (C=O) groups is 2. The number of anilines is 1. The number of nitrogens with zero attached hydrogens (tertiary/aromatic N) is 1. The fourth-order valence-electron chi connectivity index (χ4n) is 2.26. The Morgan fingerprint density at radius 1 is 1.12 bits per heavy atom. The van der Waals surface area contributed by atoms with E-state index in [2.05, 4.69) is 16.7 Å². The molecule has 6 heteroatoms. The van der Waals surface area contributed by atoms with E-state index in [4.69, 9.17) is 10.00 Å². The fraction of sp³-hybridized carbons (Fsp3) is 0.250. The van der Waals surface area contributed by atoms with Crippen molar-refractivity contribution >= 4 is 17.5 Å². The maximum atomic E-state index is 12.2. The highest BCUT2D eigenvalue weighted by atomic mass is 16.5. The van der Waals surface area contributed by atoms with Gasteiger partial charge in [-0.2, -0.15) is 5.26 Å². The summed E-state index contributed by atoms with van der Waals surface area (Å²) in [4.78, 5) is 24.3. The molecule has 0 aromatic heterocycles. The normalized spacial score (nSPS) is 10.1. The molecule has 0 atom stereocenters. The molecule has 0 bridgehead atoms. The molecule has 26 heavy (non-hydrogen) atoms. The molecule has 0 spiro atoms. The summed E-state index contributed by atoms with van der Waals surface area (Å²) in [6.45, 7) is 3.56. The topological polar surface area (TPSA) is 91.2 Å². The number of ether oxygens (including phenoxy) is 1. The van der Waals surface area contributed by atoms with Crippen molar-refractivity contribution in [2.45, 2.75) is 26.3 Å². The van der Waals surface area contributed by atoms with Gasteiger partial charge in [0, 0.05) is 6.04 Å². The summed E-state index contributed by atoms with van der Waals surface area (Å²) in [6, 6.07) is 15.9. The molecule has 0 unspecified atom stereocenters. The van der Waals surface area contributed by atoms with Crippen LogP contribution < -0.4 is 15.4 Å². The van der Waals surface area contributed by atoms with Gasteiger partial charge in [0.25, 0.3) is 11.8 Å². The van der Waals surface area contributed by atoms with Crippen LogP contribution in [0.4, 0.5) is 5.69 Å². The van der Waals surface area contributed by atoms with E-state index in [1.54, 1.807) is 48.5 Å². The molecule has 0 heterocycles. The van der Waals surface area contributed by atoms with Crippen LogP contribution in [0.5, 0.6) is 5.75 Å². The zero-order valence-corrected chi connectivity index (χ0v) is 14.8. The Balaban J connectivity index is 1.95. The summed E-state index contributed by atoms with van der Waals surface area (Å²) in [5.74, 6) is -0.0755. The Bertz CT molecular complexity index is 808. The number of hydrogen-bond acceptors (Lipinski definition) is 4. The lowest BCUT2D eigenvalue weighted by molar-refractivity contribution is -0.118. The van der Waals surface area contributed by atoms with Gasteiger partial charge in [-0.1, -0.05) is 24.3 Å². The molecule has 0 fully saturated rings. The summed E-state index contributed by atoms with van der Waals surface area (Å²) in [5.41, 5.74) is 1.72. The van der Waals surface area contributed by atoms with Crippen LogP contribution in [-0.4, -0.2) is 24.5 Å². The third-order valence-electron chi connectivity index (χ3n) is 3.44. The van der Waals surface area contributed by atoms with Crippen LogP contribution in [0.2, 0.25) is 0 Å². The van der Waals surface area contributed by atoms with E-state index in [0.717, 1.165) is 5.56 Å². The fourth-order valence-corrected chi connectivity index (χ4v) is 2.26. The van der Waals surface area contributed by atoms with E-state index in [1.165, 1.54) is 0 Å². The second-order valence-electron chi connectivity index (χ2n) is 5.99. The van der Waals surface area contributed by atoms with Gasteiger partial charge in [-0.05, 0) is 43.7 Å². The standard InChI is InChI=1S/C20H21N3O3/c1-14(2)22-20(25)17-5-3-4-6-18(17)23-19(24)13-26-16-9-7-15(8-10-16)11-12-21/h3-10,14H,11,13H2,1-2H3,(H,22,25)(H,23,24). The number of hydrogen-bond donors (Lipinski definition) is 2. The minimum atomic E-state index is -0.365. The lowest BCUT2D eigenvalue weighted by Gasteiger charge is -2.13. The number of amides is 2. The van der Waals surface area contributed by atoms with Crippen molar-refractivity contribution in [1.82, 2.24) is 5.32 Å². The molecular weight excluding hydrogens is 330 g/mol. The summed E-state index contributed by atoms with van der Waals surface area (Å²) in [6.07, 6.45) is 0.329. The van der Waals surface area contributed by atoms with Crippen LogP contribution >= 0.6 is 0 Å². The lowest BCUT2D eigenvalue weighted by atomic mass is 10.1. The molecule has 0 aliphatic rings. The van der Waals surface area contributed by atoms with E-state index in [-0.39, 0.29) is 24.5 Å². The maximum Gasteiger partial charge on any atom is 0.262 e. The number of nitrogens with one attached hydrogen (secondary N) is 2. The van der Waals surface area contributed by atoms with E-state index < -0.39 is 0 Å². The van der Waals surface area contributed by atoms with Crippen molar-refractivity contribution in [1.29, 1.82) is 5.26 Å². The molecule has 134 valence electrons. The van der Waals surface area contributed by atoms with Crippen LogP contribution in [0, 0.1) is 11.3 Å². The van der Waals surface area contributed by atoms with Gasteiger partial charge in [-0.25, -0.2) is 0 Å². The highest BCUT2D eigenvalue weighted by molar-refractivity contribution is 6.04. The highest BCUT2D eigenvalue weighted by Crippen LogP contribution is 2.16. The number of para-hydroxylation sites is 1. The predicted octanol–water partition coefficient (Wildman–Crippen LogP) is 2.91. The van der Waals surface area contributed by atoms with Gasteiger partial charge in [0.1, 0.15) is 5.75 Å². The molecule has 2 rings (SSSR count). The van der Waals surface area contributed by atoms with Gasteiger partial charge in [-0.15, -0.1) is 0 Å². The second-order valence-corrected chi connectivity index (χ2v) is 5.99. The molecule has 2 N–H and O–H groups in total. The Kier molecular flexibility index (Phi) is 6.75. The van der Waals surface area contributed by atoms with Crippen molar-refractivity contribution in [2.24, 2.45) is 0 Å². The molecular formula is C20H21N3O3. The van der Waals surface area contributed by atoms with Gasteiger partial charge in [-0.3, -0.25) is 9.59 Å². The zero-order chi connectivity index (χ0) is 18.9. The van der Waals surface area contributed by atoms with Crippen molar-refractivity contribution in [3.63, 3.8) is 0 Å². The van der Waals surface area contributed by atoms with E-state index in [1.807, 2.05) is 13.8 Å². The monoisotopic (exact) mass is 351 g/mol. The molecule has 0 saturated heterocycles. The lowest BCUT2D eigenvalue weighted by Crippen LogP contribution is -2.31. The third-order valence-corrected chi connectivity index (χ3v) is 3.44.